The van der Waals surface area contributed by atoms with Gasteiger partial charge in [-0.1, -0.05) is 20.3 Å². The normalized spacial score (nSPS) is 22.4. The van der Waals surface area contributed by atoms with Crippen molar-refractivity contribution in [3.63, 3.8) is 0 Å². The molecule has 1 aromatic heterocycles. The number of fused-ring (bicyclic) bond motifs is 1. The Balaban J connectivity index is 1.82. The van der Waals surface area contributed by atoms with Crippen LogP contribution >= 0.6 is 0 Å². The van der Waals surface area contributed by atoms with Gasteiger partial charge < -0.3 is 10.2 Å². The molecule has 21 heavy (non-hydrogen) atoms. The molecule has 1 fully saturated rings. The van der Waals surface area contributed by atoms with E-state index in [-0.39, 0.29) is 0 Å². The Kier molecular flexibility index (Phi) is 4.73. The van der Waals surface area contributed by atoms with Gasteiger partial charge in [0.05, 0.1) is 0 Å². The highest BCUT2D eigenvalue weighted by atomic mass is 15.2. The molecule has 1 unspecified atom stereocenters. The van der Waals surface area contributed by atoms with E-state index in [4.69, 9.17) is 0 Å². The van der Waals surface area contributed by atoms with Gasteiger partial charge in [0.15, 0.2) is 0 Å². The topological polar surface area (TPSA) is 41.0 Å². The van der Waals surface area contributed by atoms with E-state index in [0.717, 1.165) is 25.9 Å². The van der Waals surface area contributed by atoms with E-state index in [2.05, 4.69) is 34.0 Å². The second kappa shape index (κ2) is 6.73. The zero-order valence-electron chi connectivity index (χ0n) is 13.4. The molecule has 2 aliphatic rings. The predicted octanol–water partition coefficient (Wildman–Crippen LogP) is 2.71. The summed E-state index contributed by atoms with van der Waals surface area (Å²) >= 11 is 0. The van der Waals surface area contributed by atoms with Crippen LogP contribution in [0.1, 0.15) is 57.2 Å². The van der Waals surface area contributed by atoms with Crippen LogP contribution in [0.3, 0.4) is 0 Å². The summed E-state index contributed by atoms with van der Waals surface area (Å²) in [5, 5.41) is 3.59. The van der Waals surface area contributed by atoms with Crippen molar-refractivity contribution in [2.24, 2.45) is 0 Å². The van der Waals surface area contributed by atoms with E-state index in [1.165, 1.54) is 49.2 Å². The SMILES string of the molecule is CC(C)NCC1CCCN1c1ncnc2c1CCCCC2. The Morgan fingerprint density at radius 1 is 1.19 bits per heavy atom. The Labute approximate surface area is 128 Å². The summed E-state index contributed by atoms with van der Waals surface area (Å²) in [6.45, 7) is 6.65. The summed E-state index contributed by atoms with van der Waals surface area (Å²) in [6.07, 6.45) is 10.5. The lowest BCUT2D eigenvalue weighted by Crippen LogP contribution is -2.41. The second-order valence-corrected chi connectivity index (χ2v) is 6.74. The Morgan fingerprint density at radius 2 is 2.05 bits per heavy atom. The van der Waals surface area contributed by atoms with Crippen molar-refractivity contribution in [2.75, 3.05) is 18.0 Å². The summed E-state index contributed by atoms with van der Waals surface area (Å²) in [5.74, 6) is 1.23. The molecule has 4 heteroatoms. The van der Waals surface area contributed by atoms with Crippen LogP contribution in [0.25, 0.3) is 0 Å². The van der Waals surface area contributed by atoms with Crippen molar-refractivity contribution in [3.05, 3.63) is 17.6 Å². The summed E-state index contributed by atoms with van der Waals surface area (Å²) in [4.78, 5) is 11.8. The molecule has 3 rings (SSSR count). The quantitative estimate of drug-likeness (QED) is 0.865. The van der Waals surface area contributed by atoms with E-state index < -0.39 is 0 Å². The van der Waals surface area contributed by atoms with Crippen LogP contribution in [0.2, 0.25) is 0 Å². The molecule has 1 aliphatic carbocycles. The Morgan fingerprint density at radius 3 is 2.90 bits per heavy atom. The van der Waals surface area contributed by atoms with Crippen LogP contribution in [0.15, 0.2) is 6.33 Å². The third kappa shape index (κ3) is 3.37. The summed E-state index contributed by atoms with van der Waals surface area (Å²) < 4.78 is 0. The number of anilines is 1. The average Bonchev–Trinajstić information content (AvgIpc) is 2.80. The van der Waals surface area contributed by atoms with E-state index in [1.807, 2.05) is 0 Å². The average molecular weight is 288 g/mol. The molecule has 1 saturated heterocycles. The number of rotatable bonds is 4. The van der Waals surface area contributed by atoms with Crippen LogP contribution in [0, 0.1) is 0 Å². The van der Waals surface area contributed by atoms with Crippen LogP contribution in [0.5, 0.6) is 0 Å². The molecule has 0 bridgehead atoms. The van der Waals surface area contributed by atoms with E-state index in [9.17, 15) is 0 Å². The van der Waals surface area contributed by atoms with Gasteiger partial charge >= 0.3 is 0 Å². The van der Waals surface area contributed by atoms with Gasteiger partial charge in [-0.2, -0.15) is 0 Å². The maximum Gasteiger partial charge on any atom is 0.135 e. The van der Waals surface area contributed by atoms with Crippen molar-refractivity contribution in [1.29, 1.82) is 0 Å². The molecule has 0 saturated carbocycles. The van der Waals surface area contributed by atoms with Crippen molar-refractivity contribution >= 4 is 5.82 Å². The van der Waals surface area contributed by atoms with E-state index in [0.29, 0.717) is 12.1 Å². The second-order valence-electron chi connectivity index (χ2n) is 6.74. The summed E-state index contributed by atoms with van der Waals surface area (Å²) in [5.41, 5.74) is 2.74. The molecule has 116 valence electrons. The van der Waals surface area contributed by atoms with Gasteiger partial charge in [0, 0.05) is 36.4 Å². The first kappa shape index (κ1) is 14.8. The molecule has 1 N–H and O–H groups in total. The molecular formula is C17H28N4. The van der Waals surface area contributed by atoms with Crippen molar-refractivity contribution in [1.82, 2.24) is 15.3 Å². The van der Waals surface area contributed by atoms with Crippen LogP contribution < -0.4 is 10.2 Å². The van der Waals surface area contributed by atoms with Crippen LogP contribution in [-0.4, -0.2) is 35.1 Å². The van der Waals surface area contributed by atoms with Gasteiger partial charge in [-0.15, -0.1) is 0 Å². The van der Waals surface area contributed by atoms with Crippen molar-refractivity contribution in [3.8, 4) is 0 Å². The Bertz CT molecular complexity index is 472. The first-order chi connectivity index (χ1) is 10.3. The number of nitrogens with zero attached hydrogens (tertiary/aromatic N) is 3. The van der Waals surface area contributed by atoms with Gasteiger partial charge in [-0.3, -0.25) is 0 Å². The fraction of sp³-hybridized carbons (Fsp3) is 0.765. The number of nitrogens with one attached hydrogen (secondary N) is 1. The molecule has 2 heterocycles. The molecule has 1 atom stereocenters. The van der Waals surface area contributed by atoms with Crippen LogP contribution in [0.4, 0.5) is 5.82 Å². The highest BCUT2D eigenvalue weighted by molar-refractivity contribution is 5.51. The zero-order valence-corrected chi connectivity index (χ0v) is 13.4. The van der Waals surface area contributed by atoms with Gasteiger partial charge in [0.1, 0.15) is 12.1 Å². The first-order valence-electron chi connectivity index (χ1n) is 8.58. The highest BCUT2D eigenvalue weighted by Crippen LogP contribution is 2.31. The monoisotopic (exact) mass is 288 g/mol. The minimum atomic E-state index is 0.551. The lowest BCUT2D eigenvalue weighted by Gasteiger charge is -2.29. The molecule has 0 radical (unpaired) electrons. The van der Waals surface area contributed by atoms with Gasteiger partial charge in [0.25, 0.3) is 0 Å². The van der Waals surface area contributed by atoms with Gasteiger partial charge in [-0.25, -0.2) is 9.97 Å². The molecule has 1 aliphatic heterocycles. The fourth-order valence-electron chi connectivity index (χ4n) is 3.63. The number of hydrogen-bond donors (Lipinski definition) is 1. The third-order valence-corrected chi connectivity index (χ3v) is 4.76. The third-order valence-electron chi connectivity index (χ3n) is 4.76. The fourth-order valence-corrected chi connectivity index (χ4v) is 3.63. The van der Waals surface area contributed by atoms with Crippen molar-refractivity contribution < 1.29 is 0 Å². The molecule has 1 aromatic rings. The largest absolute Gasteiger partial charge is 0.352 e. The highest BCUT2D eigenvalue weighted by Gasteiger charge is 2.28. The molecule has 0 spiro atoms. The van der Waals surface area contributed by atoms with Gasteiger partial charge in [0.2, 0.25) is 0 Å². The zero-order chi connectivity index (χ0) is 14.7. The minimum absolute atomic E-state index is 0.551. The maximum absolute atomic E-state index is 4.68. The summed E-state index contributed by atoms with van der Waals surface area (Å²) in [6, 6.07) is 1.14. The van der Waals surface area contributed by atoms with E-state index >= 15 is 0 Å². The number of hydrogen-bond acceptors (Lipinski definition) is 4. The van der Waals surface area contributed by atoms with E-state index in [1.54, 1.807) is 6.33 Å². The van der Waals surface area contributed by atoms with Crippen LogP contribution in [-0.2, 0) is 12.8 Å². The molecule has 0 amide bonds. The minimum Gasteiger partial charge on any atom is -0.352 e. The number of aryl methyl sites for hydroxylation is 1. The summed E-state index contributed by atoms with van der Waals surface area (Å²) in [7, 11) is 0. The lowest BCUT2D eigenvalue weighted by molar-refractivity contribution is 0.521. The molecule has 4 nitrogen and oxygen atoms in total. The van der Waals surface area contributed by atoms with Gasteiger partial charge in [-0.05, 0) is 38.5 Å². The standard InChI is InChI=1S/C17H28N4/c1-13(2)18-11-14-7-6-10-21(14)17-15-8-4-3-5-9-16(15)19-12-20-17/h12-14,18H,3-11H2,1-2H3. The first-order valence-corrected chi connectivity index (χ1v) is 8.58. The predicted molar refractivity (Wildman–Crippen MR) is 86.8 cm³/mol. The molecular weight excluding hydrogens is 260 g/mol. The number of aromatic nitrogens is 2. The Hall–Kier alpha value is -1.16. The smallest absolute Gasteiger partial charge is 0.135 e. The molecule has 0 aromatic carbocycles. The van der Waals surface area contributed by atoms with Crippen molar-refractivity contribution in [2.45, 2.75) is 70.9 Å². The maximum atomic E-state index is 4.68. The lowest BCUT2D eigenvalue weighted by atomic mass is 10.1.